The van der Waals surface area contributed by atoms with Gasteiger partial charge in [-0.25, -0.2) is 0 Å². The van der Waals surface area contributed by atoms with E-state index in [-0.39, 0.29) is 6.61 Å². The highest BCUT2D eigenvalue weighted by molar-refractivity contribution is 4.58. The van der Waals surface area contributed by atoms with Gasteiger partial charge in [0.15, 0.2) is 0 Å². The highest BCUT2D eigenvalue weighted by Gasteiger charge is 2.13. The van der Waals surface area contributed by atoms with Crippen molar-refractivity contribution in [2.45, 2.75) is 20.0 Å². The predicted octanol–water partition coefficient (Wildman–Crippen LogP) is 0.420. The quantitative estimate of drug-likeness (QED) is 0.506. The van der Waals surface area contributed by atoms with Crippen LogP contribution in [0.3, 0.4) is 0 Å². The third-order valence-corrected chi connectivity index (χ3v) is 0.704. The summed E-state index contributed by atoms with van der Waals surface area (Å²) in [6, 6.07) is 0. The Morgan fingerprint density at radius 3 is 1.70 bits per heavy atom. The second kappa shape index (κ2) is 6.99. The van der Waals surface area contributed by atoms with Gasteiger partial charge >= 0.3 is 0 Å². The highest BCUT2D eigenvalue weighted by atomic mass is 16.6. The Bertz CT molecular complexity index is 57.1. The van der Waals surface area contributed by atoms with E-state index in [1.54, 1.807) is 6.92 Å². The van der Waals surface area contributed by atoms with Crippen LogP contribution >= 0.6 is 0 Å². The molecule has 0 aromatic heterocycles. The zero-order valence-electron chi connectivity index (χ0n) is 6.67. The fourth-order valence-electron chi connectivity index (χ4n) is 0.0962. The molecule has 1 N–H and O–H groups in total. The van der Waals surface area contributed by atoms with Gasteiger partial charge in [-0.3, -0.25) is 0 Å². The first kappa shape index (κ1) is 9.88. The van der Waals surface area contributed by atoms with Gasteiger partial charge in [0, 0.05) is 6.61 Å². The Morgan fingerprint density at radius 2 is 1.70 bits per heavy atom. The molecule has 62 valence electrons. The van der Waals surface area contributed by atoms with Crippen molar-refractivity contribution in [2.75, 3.05) is 26.4 Å². The van der Waals surface area contributed by atoms with E-state index in [0.29, 0.717) is 6.10 Å². The average molecular weight is 148 g/mol. The minimum atomic E-state index is 0.250. The van der Waals surface area contributed by atoms with Crippen molar-refractivity contribution < 1.29 is 14.6 Å². The predicted molar refractivity (Wildman–Crippen MR) is 39.0 cm³/mol. The van der Waals surface area contributed by atoms with Crippen LogP contribution in [-0.2, 0) is 9.47 Å². The van der Waals surface area contributed by atoms with Crippen LogP contribution in [0.15, 0.2) is 0 Å². The van der Waals surface area contributed by atoms with Crippen LogP contribution in [0.1, 0.15) is 13.8 Å². The van der Waals surface area contributed by atoms with Gasteiger partial charge in [0.25, 0.3) is 0 Å². The summed E-state index contributed by atoms with van der Waals surface area (Å²) in [5, 5.41) is 7.57. The third-order valence-electron chi connectivity index (χ3n) is 0.704. The van der Waals surface area contributed by atoms with Crippen molar-refractivity contribution in [3.05, 3.63) is 0 Å². The monoisotopic (exact) mass is 148 g/mol. The molecule has 10 heavy (non-hydrogen) atoms. The molecule has 1 unspecified atom stereocenters. The maximum atomic E-state index is 7.57. The summed E-state index contributed by atoms with van der Waals surface area (Å²) in [5.74, 6) is 0. The molecule has 0 spiro atoms. The van der Waals surface area contributed by atoms with Gasteiger partial charge in [-0.05, 0) is 13.8 Å². The fraction of sp³-hybridized carbons (Fsp3) is 1.00. The van der Waals surface area contributed by atoms with Gasteiger partial charge in [0.05, 0.1) is 25.9 Å². The van der Waals surface area contributed by atoms with E-state index in [2.05, 4.69) is 11.7 Å². The number of epoxide rings is 2. The Balaban J connectivity index is 0.000000124. The lowest BCUT2D eigenvalue weighted by Crippen LogP contribution is -1.60. The molecule has 0 aliphatic carbocycles. The molecule has 3 heteroatoms. The van der Waals surface area contributed by atoms with Gasteiger partial charge in [-0.2, -0.15) is 0 Å². The molecule has 0 saturated carbocycles. The Hall–Kier alpha value is -0.120. The Labute approximate surface area is 62.0 Å². The number of rotatable bonds is 0. The maximum Gasteiger partial charge on any atom is 0.0781 e. The van der Waals surface area contributed by atoms with E-state index >= 15 is 0 Å². The van der Waals surface area contributed by atoms with Gasteiger partial charge in [-0.1, -0.05) is 0 Å². The van der Waals surface area contributed by atoms with Crippen LogP contribution in [0, 0.1) is 0 Å². The van der Waals surface area contributed by atoms with E-state index in [1.807, 2.05) is 0 Å². The van der Waals surface area contributed by atoms with Crippen LogP contribution in [-0.4, -0.2) is 37.6 Å². The molecule has 0 radical (unpaired) electrons. The Kier molecular flexibility index (Phi) is 6.91. The number of hydrogen-bond donors (Lipinski definition) is 1. The van der Waals surface area contributed by atoms with Gasteiger partial charge in [0.1, 0.15) is 0 Å². The second-order valence-electron chi connectivity index (χ2n) is 2.07. The molecule has 1 atom stereocenters. The molecule has 0 bridgehead atoms. The summed E-state index contributed by atoms with van der Waals surface area (Å²) in [5.41, 5.74) is 0. The van der Waals surface area contributed by atoms with Crippen LogP contribution < -0.4 is 0 Å². The molecular weight excluding hydrogens is 132 g/mol. The van der Waals surface area contributed by atoms with Crippen molar-refractivity contribution in [3.63, 3.8) is 0 Å². The standard InChI is InChI=1S/C3H6O.C2H4O.C2H6O/c1-3-2-4-3;1-2-3-1;1-2-3/h3H,2H2,1H3;1-2H2;3H,2H2,1H3. The lowest BCUT2D eigenvalue weighted by molar-refractivity contribution is 0.318. The highest BCUT2D eigenvalue weighted by Crippen LogP contribution is 2.04. The van der Waals surface area contributed by atoms with Crippen molar-refractivity contribution in [1.29, 1.82) is 0 Å². The van der Waals surface area contributed by atoms with E-state index in [1.165, 1.54) is 0 Å². The number of hydrogen-bond acceptors (Lipinski definition) is 3. The molecule has 2 rings (SSSR count). The molecule has 0 amide bonds. The zero-order valence-corrected chi connectivity index (χ0v) is 6.67. The minimum Gasteiger partial charge on any atom is -0.397 e. The summed E-state index contributed by atoms with van der Waals surface area (Å²) in [6.07, 6.45) is 0.583. The van der Waals surface area contributed by atoms with Gasteiger partial charge in [-0.15, -0.1) is 0 Å². The summed E-state index contributed by atoms with van der Waals surface area (Å²) < 4.78 is 9.21. The van der Waals surface area contributed by atoms with Crippen LogP contribution in [0.4, 0.5) is 0 Å². The van der Waals surface area contributed by atoms with Crippen LogP contribution in [0.5, 0.6) is 0 Å². The van der Waals surface area contributed by atoms with Crippen molar-refractivity contribution in [2.24, 2.45) is 0 Å². The van der Waals surface area contributed by atoms with E-state index in [0.717, 1.165) is 19.8 Å². The first-order valence-electron chi connectivity index (χ1n) is 3.61. The summed E-state index contributed by atoms with van der Waals surface area (Å²) in [7, 11) is 0. The summed E-state index contributed by atoms with van der Waals surface area (Å²) in [6.45, 7) is 6.97. The lowest BCUT2D eigenvalue weighted by atomic mass is 10.6. The molecule has 2 saturated heterocycles. The molecular formula is C7H16O3. The molecule has 0 aromatic carbocycles. The topological polar surface area (TPSA) is 45.3 Å². The minimum absolute atomic E-state index is 0.250. The summed E-state index contributed by atoms with van der Waals surface area (Å²) >= 11 is 0. The number of aliphatic hydroxyl groups is 1. The van der Waals surface area contributed by atoms with Crippen LogP contribution in [0.25, 0.3) is 0 Å². The van der Waals surface area contributed by atoms with E-state index in [9.17, 15) is 0 Å². The normalized spacial score (nSPS) is 24.9. The number of ether oxygens (including phenoxy) is 2. The first-order valence-corrected chi connectivity index (χ1v) is 3.61. The molecule has 3 nitrogen and oxygen atoms in total. The maximum absolute atomic E-state index is 7.57. The number of aliphatic hydroxyl groups excluding tert-OH is 1. The fourth-order valence-corrected chi connectivity index (χ4v) is 0.0962. The van der Waals surface area contributed by atoms with Gasteiger partial charge in [0.2, 0.25) is 0 Å². The Morgan fingerprint density at radius 1 is 1.50 bits per heavy atom. The van der Waals surface area contributed by atoms with Crippen LogP contribution in [0.2, 0.25) is 0 Å². The third kappa shape index (κ3) is 24.8. The van der Waals surface area contributed by atoms with Gasteiger partial charge < -0.3 is 14.6 Å². The molecule has 2 heterocycles. The van der Waals surface area contributed by atoms with Crippen molar-refractivity contribution >= 4 is 0 Å². The average Bonchev–Trinajstić information content (AvgIpc) is 2.63. The zero-order chi connectivity index (χ0) is 7.82. The first-order chi connectivity index (χ1) is 4.81. The molecule has 0 aromatic rings. The smallest absolute Gasteiger partial charge is 0.0781 e. The summed E-state index contributed by atoms with van der Waals surface area (Å²) in [4.78, 5) is 0. The SMILES string of the molecule is C1CO1.CC1CO1.CCO. The largest absolute Gasteiger partial charge is 0.397 e. The van der Waals surface area contributed by atoms with E-state index in [4.69, 9.17) is 9.84 Å². The lowest BCUT2D eigenvalue weighted by Gasteiger charge is -1.52. The van der Waals surface area contributed by atoms with Crippen molar-refractivity contribution in [1.82, 2.24) is 0 Å². The van der Waals surface area contributed by atoms with E-state index < -0.39 is 0 Å². The molecule has 2 aliphatic rings. The molecule has 2 aliphatic heterocycles. The van der Waals surface area contributed by atoms with Crippen molar-refractivity contribution in [3.8, 4) is 0 Å². The second-order valence-corrected chi connectivity index (χ2v) is 2.07. The molecule has 2 fully saturated rings.